The van der Waals surface area contributed by atoms with E-state index in [9.17, 15) is 8.42 Å². The number of thiol groups is 1. The van der Waals surface area contributed by atoms with Crippen LogP contribution in [0.15, 0.2) is 29.2 Å². The van der Waals surface area contributed by atoms with Gasteiger partial charge in [0.2, 0.25) is 10.0 Å². The minimum absolute atomic E-state index is 0.441. The molecule has 0 atom stereocenters. The quantitative estimate of drug-likeness (QED) is 0.826. The molecule has 0 radical (unpaired) electrons. The van der Waals surface area contributed by atoms with Gasteiger partial charge in [0.25, 0.3) is 0 Å². The van der Waals surface area contributed by atoms with Crippen LogP contribution in [0.3, 0.4) is 0 Å². The molecular weight excluding hydrogens is 296 g/mol. The van der Waals surface area contributed by atoms with Gasteiger partial charge in [-0.25, -0.2) is 8.42 Å². The molecule has 1 aliphatic rings. The number of hydrogen-bond acceptors (Lipinski definition) is 5. The van der Waals surface area contributed by atoms with Crippen molar-refractivity contribution in [3.8, 4) is 0 Å². The zero-order valence-corrected chi connectivity index (χ0v) is 13.2. The molecule has 0 N–H and O–H groups in total. The lowest BCUT2D eigenvalue weighted by Gasteiger charge is -2.30. The number of nitrogens with zero attached hydrogens (tertiary/aromatic N) is 2. The molecule has 0 unspecified atom stereocenters. The van der Waals surface area contributed by atoms with Gasteiger partial charge in [0.1, 0.15) is 0 Å². The van der Waals surface area contributed by atoms with Crippen LogP contribution >= 0.6 is 12.6 Å². The van der Waals surface area contributed by atoms with Gasteiger partial charge in [0.15, 0.2) is 0 Å². The summed E-state index contributed by atoms with van der Waals surface area (Å²) in [7, 11) is -3.29. The number of ether oxygens (including phenoxy) is 1. The van der Waals surface area contributed by atoms with Crippen LogP contribution in [0.1, 0.15) is 0 Å². The van der Waals surface area contributed by atoms with Crippen LogP contribution in [0.5, 0.6) is 0 Å². The molecule has 0 bridgehead atoms. The molecule has 2 rings (SSSR count). The van der Waals surface area contributed by atoms with Gasteiger partial charge in [-0.05, 0) is 18.2 Å². The summed E-state index contributed by atoms with van der Waals surface area (Å²) in [5.74, 6) is 0. The molecule has 0 aromatic heterocycles. The van der Waals surface area contributed by atoms with Crippen molar-refractivity contribution in [3.63, 3.8) is 0 Å². The van der Waals surface area contributed by atoms with Crippen LogP contribution in [0.2, 0.25) is 0 Å². The number of morpholine rings is 1. The van der Waals surface area contributed by atoms with E-state index in [1.165, 1.54) is 10.6 Å². The Hall–Kier alpha value is -0.760. The summed E-state index contributed by atoms with van der Waals surface area (Å²) in [4.78, 5) is 2.97. The first-order chi connectivity index (χ1) is 9.47. The van der Waals surface area contributed by atoms with Crippen LogP contribution in [-0.2, 0) is 14.8 Å². The Kier molecular flexibility index (Phi) is 5.31. The molecule has 0 amide bonds. The van der Waals surface area contributed by atoms with Crippen LogP contribution in [0, 0.1) is 0 Å². The second-order valence-corrected chi connectivity index (χ2v) is 7.23. The van der Waals surface area contributed by atoms with Gasteiger partial charge in [-0.15, -0.1) is 12.6 Å². The molecule has 0 spiro atoms. The summed E-state index contributed by atoms with van der Waals surface area (Å²) in [6, 6.07) is 7.20. The Morgan fingerprint density at radius 2 is 2.05 bits per heavy atom. The third-order valence-corrected chi connectivity index (χ3v) is 4.71. The van der Waals surface area contributed by atoms with Crippen molar-refractivity contribution in [1.29, 1.82) is 0 Å². The fraction of sp³-hybridized carbons (Fsp3) is 0.538. The minimum Gasteiger partial charge on any atom is -0.379 e. The Morgan fingerprint density at radius 3 is 2.65 bits per heavy atom. The first kappa shape index (κ1) is 15.6. The molecular formula is C13H20N2O3S2. The third-order valence-electron chi connectivity index (χ3n) is 3.24. The van der Waals surface area contributed by atoms with Crippen LogP contribution in [-0.4, -0.2) is 59.0 Å². The predicted octanol–water partition coefficient (Wildman–Crippen LogP) is 1.07. The van der Waals surface area contributed by atoms with Crippen molar-refractivity contribution in [2.24, 2.45) is 0 Å². The zero-order chi connectivity index (χ0) is 14.6. The lowest BCUT2D eigenvalue weighted by Crippen LogP contribution is -2.43. The van der Waals surface area contributed by atoms with E-state index in [0.717, 1.165) is 18.0 Å². The highest BCUT2D eigenvalue weighted by molar-refractivity contribution is 7.92. The average Bonchev–Trinajstić information content (AvgIpc) is 2.39. The van der Waals surface area contributed by atoms with Gasteiger partial charge >= 0.3 is 0 Å². The fourth-order valence-electron chi connectivity index (χ4n) is 2.19. The topological polar surface area (TPSA) is 49.9 Å². The highest BCUT2D eigenvalue weighted by Crippen LogP contribution is 2.20. The standard InChI is InChI=1S/C13H20N2O3S2/c1-20(16,17)15(12-3-2-4-13(19)11-12)6-5-14-7-9-18-10-8-14/h2-4,11,19H,5-10H2,1H3. The van der Waals surface area contributed by atoms with E-state index in [-0.39, 0.29) is 0 Å². The molecule has 0 aliphatic carbocycles. The summed E-state index contributed by atoms with van der Waals surface area (Å²) in [5.41, 5.74) is 0.660. The largest absolute Gasteiger partial charge is 0.379 e. The molecule has 0 saturated carbocycles. The van der Waals surface area contributed by atoms with Gasteiger partial charge in [0.05, 0.1) is 25.2 Å². The second kappa shape index (κ2) is 6.80. The Labute approximate surface area is 126 Å². The van der Waals surface area contributed by atoms with E-state index in [1.54, 1.807) is 12.1 Å². The van der Waals surface area contributed by atoms with Crippen LogP contribution in [0.4, 0.5) is 5.69 Å². The molecule has 1 aliphatic heterocycles. The monoisotopic (exact) mass is 316 g/mol. The van der Waals surface area contributed by atoms with Gasteiger partial charge in [-0.1, -0.05) is 6.07 Å². The van der Waals surface area contributed by atoms with Gasteiger partial charge in [0, 0.05) is 31.1 Å². The molecule has 1 heterocycles. The average molecular weight is 316 g/mol. The molecule has 1 fully saturated rings. The van der Waals surface area contributed by atoms with E-state index >= 15 is 0 Å². The summed E-state index contributed by atoms with van der Waals surface area (Å²) in [5, 5.41) is 0. The molecule has 7 heteroatoms. The molecule has 5 nitrogen and oxygen atoms in total. The van der Waals surface area contributed by atoms with Crippen LogP contribution < -0.4 is 4.31 Å². The maximum absolute atomic E-state index is 12.0. The number of benzene rings is 1. The van der Waals surface area contributed by atoms with E-state index < -0.39 is 10.0 Å². The maximum atomic E-state index is 12.0. The Morgan fingerprint density at radius 1 is 1.35 bits per heavy atom. The molecule has 112 valence electrons. The first-order valence-electron chi connectivity index (χ1n) is 6.53. The van der Waals surface area contributed by atoms with Gasteiger partial charge in [-0.3, -0.25) is 9.21 Å². The van der Waals surface area contributed by atoms with Crippen molar-refractivity contribution >= 4 is 28.3 Å². The minimum atomic E-state index is -3.29. The summed E-state index contributed by atoms with van der Waals surface area (Å²) in [6.07, 6.45) is 1.23. The first-order valence-corrected chi connectivity index (χ1v) is 8.83. The fourth-order valence-corrected chi connectivity index (χ4v) is 3.32. The normalized spacial score (nSPS) is 17.1. The van der Waals surface area contributed by atoms with E-state index in [2.05, 4.69) is 17.5 Å². The summed E-state index contributed by atoms with van der Waals surface area (Å²) < 4.78 is 30.7. The van der Waals surface area contributed by atoms with Gasteiger partial charge in [-0.2, -0.15) is 0 Å². The third kappa shape index (κ3) is 4.37. The lowest BCUT2D eigenvalue weighted by molar-refractivity contribution is 0.0395. The van der Waals surface area contributed by atoms with Crippen molar-refractivity contribution in [3.05, 3.63) is 24.3 Å². The van der Waals surface area contributed by atoms with E-state index in [1.807, 2.05) is 12.1 Å². The smallest absolute Gasteiger partial charge is 0.232 e. The Balaban J connectivity index is 2.08. The number of rotatable bonds is 5. The lowest BCUT2D eigenvalue weighted by atomic mass is 10.3. The zero-order valence-electron chi connectivity index (χ0n) is 11.5. The van der Waals surface area contributed by atoms with E-state index in [4.69, 9.17) is 4.74 Å². The summed E-state index contributed by atoms with van der Waals surface area (Å²) >= 11 is 4.27. The van der Waals surface area contributed by atoms with Crippen molar-refractivity contribution in [2.45, 2.75) is 4.90 Å². The van der Waals surface area contributed by atoms with Crippen molar-refractivity contribution < 1.29 is 13.2 Å². The molecule has 1 saturated heterocycles. The Bertz CT molecular complexity index is 542. The molecule has 1 aromatic rings. The summed E-state index contributed by atoms with van der Waals surface area (Å²) in [6.45, 7) is 4.27. The SMILES string of the molecule is CS(=O)(=O)N(CCN1CCOCC1)c1cccc(S)c1. The van der Waals surface area contributed by atoms with Crippen LogP contribution in [0.25, 0.3) is 0 Å². The second-order valence-electron chi connectivity index (χ2n) is 4.81. The maximum Gasteiger partial charge on any atom is 0.232 e. The highest BCUT2D eigenvalue weighted by atomic mass is 32.2. The predicted molar refractivity (Wildman–Crippen MR) is 83.1 cm³/mol. The number of anilines is 1. The molecule has 1 aromatic carbocycles. The number of sulfonamides is 1. The van der Waals surface area contributed by atoms with Gasteiger partial charge < -0.3 is 4.74 Å². The number of hydrogen-bond donors (Lipinski definition) is 1. The highest BCUT2D eigenvalue weighted by Gasteiger charge is 2.19. The van der Waals surface area contributed by atoms with Crippen molar-refractivity contribution in [2.75, 3.05) is 50.0 Å². The van der Waals surface area contributed by atoms with E-state index in [0.29, 0.717) is 32.0 Å². The molecule has 20 heavy (non-hydrogen) atoms. The van der Waals surface area contributed by atoms with Crippen molar-refractivity contribution in [1.82, 2.24) is 4.90 Å².